The van der Waals surface area contributed by atoms with Gasteiger partial charge >= 0.3 is 5.97 Å². The number of nitrogens with zero attached hydrogens (tertiary/aromatic N) is 2. The van der Waals surface area contributed by atoms with E-state index in [4.69, 9.17) is 0 Å². The summed E-state index contributed by atoms with van der Waals surface area (Å²) in [6.07, 6.45) is 7.61. The van der Waals surface area contributed by atoms with Gasteiger partial charge in [0.1, 0.15) is 6.04 Å². The summed E-state index contributed by atoms with van der Waals surface area (Å²) in [7, 11) is 0. The van der Waals surface area contributed by atoms with E-state index in [0.717, 1.165) is 24.4 Å². The van der Waals surface area contributed by atoms with Crippen molar-refractivity contribution >= 4 is 17.3 Å². The van der Waals surface area contributed by atoms with E-state index in [1.54, 1.807) is 11.3 Å². The molecule has 0 spiro atoms. The number of carboxylic acid groups (broad SMARTS) is 1. The van der Waals surface area contributed by atoms with Gasteiger partial charge in [-0.3, -0.25) is 9.69 Å². The van der Waals surface area contributed by atoms with Crippen LogP contribution in [0.2, 0.25) is 0 Å². The average molecular weight is 322 g/mol. The van der Waals surface area contributed by atoms with Crippen LogP contribution >= 0.6 is 11.3 Å². The van der Waals surface area contributed by atoms with Gasteiger partial charge in [-0.25, -0.2) is 4.98 Å². The van der Waals surface area contributed by atoms with Gasteiger partial charge in [0.15, 0.2) is 0 Å². The highest BCUT2D eigenvalue weighted by Crippen LogP contribution is 2.41. The predicted octanol–water partition coefficient (Wildman–Crippen LogP) is 3.66. The third-order valence-electron chi connectivity index (χ3n) is 5.04. The Morgan fingerprint density at radius 3 is 2.77 bits per heavy atom. The molecule has 1 saturated heterocycles. The molecular weight excluding hydrogens is 296 g/mol. The molecule has 0 radical (unpaired) electrons. The Morgan fingerprint density at radius 2 is 2.14 bits per heavy atom. The van der Waals surface area contributed by atoms with Crippen LogP contribution in [0.15, 0.2) is 6.20 Å². The van der Waals surface area contributed by atoms with Crippen LogP contribution in [0, 0.1) is 5.92 Å². The number of hydrogen-bond donors (Lipinski definition) is 1. The zero-order chi connectivity index (χ0) is 15.9. The van der Waals surface area contributed by atoms with Crippen molar-refractivity contribution in [2.24, 2.45) is 5.92 Å². The second-order valence-corrected chi connectivity index (χ2v) is 8.87. The van der Waals surface area contributed by atoms with Crippen LogP contribution < -0.4 is 0 Å². The standard InChI is InChI=1S/C17H26N2O2S/c1-17(2,3)16-18-9-12(22-16)10-19-13-7-5-4-6-11(13)8-14(19)15(20)21/h9,11,13-14H,4-8,10H2,1-3H3,(H,20,21). The second kappa shape index (κ2) is 5.93. The molecule has 22 heavy (non-hydrogen) atoms. The number of aromatic nitrogens is 1. The number of hydrogen-bond acceptors (Lipinski definition) is 4. The first kappa shape index (κ1) is 15.9. The Bertz CT molecular complexity index is 549. The van der Waals surface area contributed by atoms with Gasteiger partial charge in [-0.15, -0.1) is 11.3 Å². The highest BCUT2D eigenvalue weighted by Gasteiger charge is 2.45. The smallest absolute Gasteiger partial charge is 0.320 e. The van der Waals surface area contributed by atoms with E-state index in [-0.39, 0.29) is 11.5 Å². The van der Waals surface area contributed by atoms with E-state index in [9.17, 15) is 9.90 Å². The largest absolute Gasteiger partial charge is 0.480 e. The highest BCUT2D eigenvalue weighted by molar-refractivity contribution is 7.11. The third kappa shape index (κ3) is 3.06. The molecule has 3 unspecified atom stereocenters. The monoisotopic (exact) mass is 322 g/mol. The molecule has 4 nitrogen and oxygen atoms in total. The number of carbonyl (C=O) groups is 1. The maximum absolute atomic E-state index is 11.7. The van der Waals surface area contributed by atoms with Crippen molar-refractivity contribution in [3.05, 3.63) is 16.1 Å². The summed E-state index contributed by atoms with van der Waals surface area (Å²) in [6.45, 7) is 7.25. The molecule has 1 aliphatic carbocycles. The lowest BCUT2D eigenvalue weighted by Crippen LogP contribution is -2.41. The lowest BCUT2D eigenvalue weighted by Gasteiger charge is -2.32. The maximum Gasteiger partial charge on any atom is 0.320 e. The first-order valence-corrected chi connectivity index (χ1v) is 9.11. The molecule has 0 amide bonds. The van der Waals surface area contributed by atoms with Crippen LogP contribution in [0.4, 0.5) is 0 Å². The zero-order valence-corrected chi connectivity index (χ0v) is 14.5. The molecule has 3 rings (SSSR count). The molecule has 1 aliphatic heterocycles. The van der Waals surface area contributed by atoms with E-state index in [1.807, 2.05) is 6.20 Å². The Morgan fingerprint density at radius 1 is 1.41 bits per heavy atom. The van der Waals surface area contributed by atoms with E-state index >= 15 is 0 Å². The highest BCUT2D eigenvalue weighted by atomic mass is 32.1. The molecule has 1 saturated carbocycles. The lowest BCUT2D eigenvalue weighted by molar-refractivity contribution is -0.142. The van der Waals surface area contributed by atoms with Crippen molar-refractivity contribution in [1.82, 2.24) is 9.88 Å². The summed E-state index contributed by atoms with van der Waals surface area (Å²) >= 11 is 1.73. The molecule has 1 aromatic rings. The van der Waals surface area contributed by atoms with Crippen molar-refractivity contribution in [3.63, 3.8) is 0 Å². The Balaban J connectivity index is 1.79. The summed E-state index contributed by atoms with van der Waals surface area (Å²) in [5, 5.41) is 10.7. The Labute approximate surface area is 136 Å². The fraction of sp³-hybridized carbons (Fsp3) is 0.765. The summed E-state index contributed by atoms with van der Waals surface area (Å²) in [4.78, 5) is 19.6. The van der Waals surface area contributed by atoms with E-state index in [0.29, 0.717) is 12.0 Å². The summed E-state index contributed by atoms with van der Waals surface area (Å²) in [5.74, 6) is -0.0835. The SMILES string of the molecule is CC(C)(C)c1ncc(CN2C(C(=O)O)CC3CCCCC32)s1. The summed E-state index contributed by atoms with van der Waals surface area (Å²) in [5.41, 5.74) is 0.0630. The lowest BCUT2D eigenvalue weighted by atomic mass is 9.85. The van der Waals surface area contributed by atoms with Crippen molar-refractivity contribution in [3.8, 4) is 0 Å². The molecule has 1 aromatic heterocycles. The molecule has 3 atom stereocenters. The first-order chi connectivity index (χ1) is 10.4. The van der Waals surface area contributed by atoms with Crippen LogP contribution in [-0.2, 0) is 16.8 Å². The number of likely N-dealkylation sites (tertiary alicyclic amines) is 1. The fourth-order valence-electron chi connectivity index (χ4n) is 3.93. The van der Waals surface area contributed by atoms with Crippen molar-refractivity contribution in [2.45, 2.75) is 76.9 Å². The van der Waals surface area contributed by atoms with E-state index in [1.165, 1.54) is 24.1 Å². The second-order valence-electron chi connectivity index (χ2n) is 7.76. The number of rotatable bonds is 3. The number of carboxylic acids is 1. The Hall–Kier alpha value is -0.940. The zero-order valence-electron chi connectivity index (χ0n) is 13.7. The van der Waals surface area contributed by atoms with E-state index < -0.39 is 5.97 Å². The minimum Gasteiger partial charge on any atom is -0.480 e. The first-order valence-electron chi connectivity index (χ1n) is 8.30. The minimum absolute atomic E-state index is 0.0630. The molecule has 122 valence electrons. The molecule has 2 aliphatic rings. The third-order valence-corrected chi connectivity index (χ3v) is 6.45. The van der Waals surface area contributed by atoms with Crippen LogP contribution in [0.3, 0.4) is 0 Å². The van der Waals surface area contributed by atoms with Crippen molar-refractivity contribution in [2.75, 3.05) is 0 Å². The van der Waals surface area contributed by atoms with E-state index in [2.05, 4.69) is 30.7 Å². The van der Waals surface area contributed by atoms with Gasteiger partial charge in [0.05, 0.1) is 5.01 Å². The number of thiazole rings is 1. The van der Waals surface area contributed by atoms with Gasteiger partial charge < -0.3 is 5.11 Å². The van der Waals surface area contributed by atoms with Gasteiger partial charge in [0.2, 0.25) is 0 Å². The van der Waals surface area contributed by atoms with Crippen molar-refractivity contribution < 1.29 is 9.90 Å². The number of fused-ring (bicyclic) bond motifs is 1. The molecule has 0 aromatic carbocycles. The fourth-order valence-corrected chi connectivity index (χ4v) is 4.91. The normalized spacial score (nSPS) is 29.5. The van der Waals surface area contributed by atoms with Gasteiger partial charge in [0.25, 0.3) is 0 Å². The Kier molecular flexibility index (Phi) is 4.29. The number of aliphatic carboxylic acids is 1. The van der Waals surface area contributed by atoms with Gasteiger partial charge in [-0.2, -0.15) is 0 Å². The molecule has 2 fully saturated rings. The van der Waals surface area contributed by atoms with Crippen LogP contribution in [0.1, 0.15) is 62.8 Å². The summed E-state index contributed by atoms with van der Waals surface area (Å²) < 4.78 is 0. The molecular formula is C17H26N2O2S. The molecule has 0 bridgehead atoms. The van der Waals surface area contributed by atoms with Gasteiger partial charge in [0, 0.05) is 29.1 Å². The molecule has 1 N–H and O–H groups in total. The predicted molar refractivity (Wildman–Crippen MR) is 88.1 cm³/mol. The van der Waals surface area contributed by atoms with Gasteiger partial charge in [-0.1, -0.05) is 33.6 Å². The maximum atomic E-state index is 11.7. The van der Waals surface area contributed by atoms with Crippen LogP contribution in [0.25, 0.3) is 0 Å². The van der Waals surface area contributed by atoms with Crippen LogP contribution in [-0.4, -0.2) is 33.0 Å². The molecule has 2 heterocycles. The topological polar surface area (TPSA) is 53.4 Å². The minimum atomic E-state index is -0.657. The van der Waals surface area contributed by atoms with Gasteiger partial charge in [-0.05, 0) is 25.2 Å². The molecule has 5 heteroatoms. The van der Waals surface area contributed by atoms with Crippen molar-refractivity contribution in [1.29, 1.82) is 0 Å². The quantitative estimate of drug-likeness (QED) is 0.923. The summed E-state index contributed by atoms with van der Waals surface area (Å²) in [6, 6.07) is 0.142. The average Bonchev–Trinajstić information content (AvgIpc) is 3.04. The van der Waals surface area contributed by atoms with Crippen LogP contribution in [0.5, 0.6) is 0 Å².